The number of nitro benzene ring substituents is 1. The molecule has 0 radical (unpaired) electrons. The first-order valence-corrected chi connectivity index (χ1v) is 6.85. The van der Waals surface area contributed by atoms with Gasteiger partial charge in [-0.2, -0.15) is 13.2 Å². The summed E-state index contributed by atoms with van der Waals surface area (Å²) in [4.78, 5) is 25.0. The lowest BCUT2D eigenvalue weighted by Crippen LogP contribution is -2.53. The first kappa shape index (κ1) is 16.8. The molecule has 1 aromatic carbocycles. The molecular formula is C13H15F3N4O3. The van der Waals surface area contributed by atoms with Gasteiger partial charge in [-0.05, 0) is 12.1 Å². The zero-order valence-corrected chi connectivity index (χ0v) is 12.0. The van der Waals surface area contributed by atoms with Gasteiger partial charge in [0.05, 0.1) is 4.92 Å². The highest BCUT2D eigenvalue weighted by Gasteiger charge is 2.29. The Morgan fingerprint density at radius 1 is 1.17 bits per heavy atom. The number of hydrogen-bond acceptors (Lipinski definition) is 4. The zero-order chi connectivity index (χ0) is 17.0. The van der Waals surface area contributed by atoms with E-state index >= 15 is 0 Å². The predicted octanol–water partition coefficient (Wildman–Crippen LogP) is 1.99. The highest BCUT2D eigenvalue weighted by Crippen LogP contribution is 2.20. The molecule has 0 atom stereocenters. The Bertz CT molecular complexity index is 569. The number of carbonyl (C=O) groups excluding carboxylic acids is 1. The third-order valence-corrected chi connectivity index (χ3v) is 3.43. The topological polar surface area (TPSA) is 78.7 Å². The number of halogens is 3. The van der Waals surface area contributed by atoms with E-state index in [0.717, 1.165) is 5.69 Å². The van der Waals surface area contributed by atoms with Crippen LogP contribution in [0.2, 0.25) is 0 Å². The maximum Gasteiger partial charge on any atom is 0.405 e. The monoisotopic (exact) mass is 332 g/mol. The average molecular weight is 332 g/mol. The number of urea groups is 1. The standard InChI is InChI=1S/C13H15F3N4O3/c14-13(15,16)9-17-12(21)19-7-5-18(6-8-19)10-1-3-11(4-2-10)20(22)23/h1-4H,5-9H2,(H,17,21). The van der Waals surface area contributed by atoms with Gasteiger partial charge in [-0.25, -0.2) is 4.79 Å². The molecule has 23 heavy (non-hydrogen) atoms. The van der Waals surface area contributed by atoms with Crippen LogP contribution in [-0.2, 0) is 0 Å². The number of benzene rings is 1. The summed E-state index contributed by atoms with van der Waals surface area (Å²) in [5, 5.41) is 12.4. The van der Waals surface area contributed by atoms with Crippen LogP contribution < -0.4 is 10.2 Å². The van der Waals surface area contributed by atoms with Gasteiger partial charge in [0.1, 0.15) is 6.54 Å². The largest absolute Gasteiger partial charge is 0.405 e. The fourth-order valence-corrected chi connectivity index (χ4v) is 2.24. The molecule has 0 bridgehead atoms. The van der Waals surface area contributed by atoms with Crippen molar-refractivity contribution in [1.82, 2.24) is 10.2 Å². The van der Waals surface area contributed by atoms with Crippen LogP contribution in [0, 0.1) is 10.1 Å². The smallest absolute Gasteiger partial charge is 0.368 e. The van der Waals surface area contributed by atoms with E-state index in [0.29, 0.717) is 13.1 Å². The molecule has 0 saturated carbocycles. The Kier molecular flexibility index (Phi) is 4.92. The number of alkyl halides is 3. The molecule has 2 rings (SSSR count). The Morgan fingerprint density at radius 3 is 2.22 bits per heavy atom. The van der Waals surface area contributed by atoms with Crippen LogP contribution in [0.1, 0.15) is 0 Å². The number of nitrogens with zero attached hydrogens (tertiary/aromatic N) is 3. The molecule has 1 saturated heterocycles. The first-order chi connectivity index (χ1) is 10.8. The van der Waals surface area contributed by atoms with Crippen molar-refractivity contribution in [2.45, 2.75) is 6.18 Å². The van der Waals surface area contributed by atoms with Crippen molar-refractivity contribution in [2.75, 3.05) is 37.6 Å². The number of carbonyl (C=O) groups is 1. The van der Waals surface area contributed by atoms with E-state index in [-0.39, 0.29) is 18.8 Å². The second-order valence-electron chi connectivity index (χ2n) is 5.02. The number of piperazine rings is 1. The van der Waals surface area contributed by atoms with E-state index in [1.807, 2.05) is 10.2 Å². The lowest BCUT2D eigenvalue weighted by atomic mass is 10.2. The Morgan fingerprint density at radius 2 is 1.74 bits per heavy atom. The average Bonchev–Trinajstić information content (AvgIpc) is 2.52. The molecule has 2 amide bonds. The normalized spacial score (nSPS) is 15.4. The fourth-order valence-electron chi connectivity index (χ4n) is 2.24. The SMILES string of the molecule is O=C(NCC(F)(F)F)N1CCN(c2ccc([N+](=O)[O-])cc2)CC1. The summed E-state index contributed by atoms with van der Waals surface area (Å²) in [6.07, 6.45) is -4.43. The van der Waals surface area contributed by atoms with Crippen LogP contribution in [0.15, 0.2) is 24.3 Å². The van der Waals surface area contributed by atoms with E-state index < -0.39 is 23.7 Å². The number of amides is 2. The van der Waals surface area contributed by atoms with Gasteiger partial charge in [-0.15, -0.1) is 0 Å². The van der Waals surface area contributed by atoms with Gasteiger partial charge >= 0.3 is 12.2 Å². The fraction of sp³-hybridized carbons (Fsp3) is 0.462. The lowest BCUT2D eigenvalue weighted by Gasteiger charge is -2.36. The van der Waals surface area contributed by atoms with Crippen LogP contribution in [0.3, 0.4) is 0 Å². The van der Waals surface area contributed by atoms with E-state index in [9.17, 15) is 28.1 Å². The Balaban J connectivity index is 1.86. The van der Waals surface area contributed by atoms with Gasteiger partial charge in [-0.3, -0.25) is 10.1 Å². The molecule has 1 aliphatic heterocycles. The maximum absolute atomic E-state index is 12.1. The molecule has 1 N–H and O–H groups in total. The highest BCUT2D eigenvalue weighted by atomic mass is 19.4. The van der Waals surface area contributed by atoms with Gasteiger partial charge in [0, 0.05) is 44.0 Å². The van der Waals surface area contributed by atoms with Crippen molar-refractivity contribution in [1.29, 1.82) is 0 Å². The number of nitrogens with one attached hydrogen (secondary N) is 1. The zero-order valence-electron chi connectivity index (χ0n) is 12.0. The summed E-state index contributed by atoms with van der Waals surface area (Å²) < 4.78 is 36.2. The van der Waals surface area contributed by atoms with E-state index in [4.69, 9.17) is 0 Å². The van der Waals surface area contributed by atoms with E-state index in [1.54, 1.807) is 12.1 Å². The van der Waals surface area contributed by atoms with Crippen LogP contribution >= 0.6 is 0 Å². The second-order valence-corrected chi connectivity index (χ2v) is 5.02. The van der Waals surface area contributed by atoms with Crippen LogP contribution in [0.4, 0.5) is 29.3 Å². The minimum absolute atomic E-state index is 0.0149. The minimum Gasteiger partial charge on any atom is -0.368 e. The third kappa shape index (κ3) is 4.73. The molecule has 126 valence electrons. The number of non-ortho nitro benzene ring substituents is 1. The maximum atomic E-state index is 12.1. The van der Waals surface area contributed by atoms with E-state index in [1.165, 1.54) is 17.0 Å². The lowest BCUT2D eigenvalue weighted by molar-refractivity contribution is -0.384. The first-order valence-electron chi connectivity index (χ1n) is 6.85. The molecular weight excluding hydrogens is 317 g/mol. The number of rotatable bonds is 3. The summed E-state index contributed by atoms with van der Waals surface area (Å²) in [7, 11) is 0. The van der Waals surface area contributed by atoms with Gasteiger partial charge in [0.25, 0.3) is 5.69 Å². The molecule has 0 aromatic heterocycles. The quantitative estimate of drug-likeness (QED) is 0.678. The summed E-state index contributed by atoms with van der Waals surface area (Å²) in [5.74, 6) is 0. The summed E-state index contributed by atoms with van der Waals surface area (Å²) >= 11 is 0. The predicted molar refractivity (Wildman–Crippen MR) is 76.3 cm³/mol. The van der Waals surface area contributed by atoms with Crippen LogP contribution in [0.25, 0.3) is 0 Å². The van der Waals surface area contributed by atoms with Gasteiger partial charge < -0.3 is 15.1 Å². The number of nitro groups is 1. The van der Waals surface area contributed by atoms with Gasteiger partial charge in [-0.1, -0.05) is 0 Å². The molecule has 1 heterocycles. The highest BCUT2D eigenvalue weighted by molar-refractivity contribution is 5.74. The van der Waals surface area contributed by atoms with Crippen molar-refractivity contribution in [2.24, 2.45) is 0 Å². The molecule has 0 unspecified atom stereocenters. The molecule has 7 nitrogen and oxygen atoms in total. The molecule has 10 heteroatoms. The summed E-state index contributed by atoms with van der Waals surface area (Å²) in [5.41, 5.74) is 0.755. The molecule has 1 aliphatic rings. The van der Waals surface area contributed by atoms with Crippen molar-refractivity contribution in [3.8, 4) is 0 Å². The summed E-state index contributed by atoms with van der Waals surface area (Å²) in [6.45, 7) is 0.0876. The van der Waals surface area contributed by atoms with Crippen molar-refractivity contribution < 1.29 is 22.9 Å². The number of anilines is 1. The van der Waals surface area contributed by atoms with Crippen molar-refractivity contribution >= 4 is 17.4 Å². The Labute approximate surface area is 129 Å². The van der Waals surface area contributed by atoms with Crippen molar-refractivity contribution in [3.63, 3.8) is 0 Å². The van der Waals surface area contributed by atoms with Crippen LogP contribution in [-0.4, -0.2) is 54.8 Å². The van der Waals surface area contributed by atoms with Gasteiger partial charge in [0.15, 0.2) is 0 Å². The molecule has 0 spiro atoms. The minimum atomic E-state index is -4.43. The number of hydrogen-bond donors (Lipinski definition) is 1. The Hall–Kier alpha value is -2.52. The van der Waals surface area contributed by atoms with E-state index in [2.05, 4.69) is 0 Å². The van der Waals surface area contributed by atoms with Crippen LogP contribution in [0.5, 0.6) is 0 Å². The second kappa shape index (κ2) is 6.71. The molecule has 0 aliphatic carbocycles. The molecule has 1 fully saturated rings. The van der Waals surface area contributed by atoms with Gasteiger partial charge in [0.2, 0.25) is 0 Å². The third-order valence-electron chi connectivity index (χ3n) is 3.43. The van der Waals surface area contributed by atoms with Crippen molar-refractivity contribution in [3.05, 3.63) is 34.4 Å². The molecule has 1 aromatic rings. The summed E-state index contributed by atoms with van der Waals surface area (Å²) in [6, 6.07) is 5.25.